The van der Waals surface area contributed by atoms with Crippen molar-refractivity contribution in [3.05, 3.63) is 51.1 Å². The number of fused-ring (bicyclic) bond motifs is 1. The molecule has 1 unspecified atom stereocenters. The lowest BCUT2D eigenvalue weighted by molar-refractivity contribution is 0.687. The summed E-state index contributed by atoms with van der Waals surface area (Å²) in [5, 5.41) is 2.47. The van der Waals surface area contributed by atoms with E-state index in [9.17, 15) is 0 Å². The summed E-state index contributed by atoms with van der Waals surface area (Å²) in [6, 6.07) is 8.46. The Hall–Kier alpha value is -1.65. The minimum absolute atomic E-state index is 0.292. The van der Waals surface area contributed by atoms with Crippen molar-refractivity contribution < 1.29 is 0 Å². The molecule has 0 saturated heterocycles. The van der Waals surface area contributed by atoms with Gasteiger partial charge in [-0.3, -0.25) is 0 Å². The lowest BCUT2D eigenvalue weighted by Crippen LogP contribution is -2.15. The number of nitrogens with two attached hydrogens (primary N) is 1. The van der Waals surface area contributed by atoms with Gasteiger partial charge >= 0.3 is 0 Å². The van der Waals surface area contributed by atoms with Gasteiger partial charge in [0.15, 0.2) is 0 Å². The quantitative estimate of drug-likeness (QED) is 0.769. The molecule has 3 aromatic rings. The highest BCUT2D eigenvalue weighted by Crippen LogP contribution is 2.30. The zero-order valence-electron chi connectivity index (χ0n) is 12.7. The maximum absolute atomic E-state index is 6.03. The second kappa shape index (κ2) is 5.62. The van der Waals surface area contributed by atoms with Crippen molar-refractivity contribution in [2.45, 2.75) is 33.1 Å². The van der Waals surface area contributed by atoms with Crippen molar-refractivity contribution in [1.29, 1.82) is 0 Å². The number of para-hydroxylation sites is 1. The Kier molecular flexibility index (Phi) is 3.83. The van der Waals surface area contributed by atoms with Crippen LogP contribution in [0.3, 0.4) is 0 Å². The van der Waals surface area contributed by atoms with Crippen LogP contribution in [0.5, 0.6) is 0 Å². The number of aromatic nitrogens is 2. The van der Waals surface area contributed by atoms with E-state index in [0.29, 0.717) is 12.5 Å². The number of aromatic amines is 1. The van der Waals surface area contributed by atoms with Crippen LogP contribution in [0.15, 0.2) is 24.3 Å². The molecule has 21 heavy (non-hydrogen) atoms. The first-order valence-electron chi connectivity index (χ1n) is 7.30. The number of H-pyrrole nitrogens is 1. The molecule has 2 heterocycles. The van der Waals surface area contributed by atoms with Gasteiger partial charge in [0.25, 0.3) is 0 Å². The van der Waals surface area contributed by atoms with Crippen LogP contribution >= 0.6 is 11.3 Å². The Bertz CT molecular complexity index is 750. The Morgan fingerprint density at radius 1 is 1.24 bits per heavy atom. The van der Waals surface area contributed by atoms with E-state index in [0.717, 1.165) is 17.1 Å². The molecule has 0 fully saturated rings. The van der Waals surface area contributed by atoms with E-state index in [1.807, 2.05) is 0 Å². The van der Waals surface area contributed by atoms with Crippen LogP contribution in [-0.2, 0) is 6.42 Å². The van der Waals surface area contributed by atoms with Crippen molar-refractivity contribution in [2.75, 3.05) is 6.54 Å². The molecule has 0 spiro atoms. The minimum Gasteiger partial charge on any atom is -0.358 e. The number of benzene rings is 1. The first-order valence-corrected chi connectivity index (χ1v) is 8.12. The Morgan fingerprint density at radius 3 is 2.67 bits per heavy atom. The van der Waals surface area contributed by atoms with Crippen LogP contribution in [0.4, 0.5) is 0 Å². The average molecular weight is 299 g/mol. The highest BCUT2D eigenvalue weighted by atomic mass is 32.1. The molecule has 0 bridgehead atoms. The van der Waals surface area contributed by atoms with Crippen LogP contribution in [-0.4, -0.2) is 16.5 Å². The molecular formula is C17H21N3S. The van der Waals surface area contributed by atoms with Crippen molar-refractivity contribution in [1.82, 2.24) is 9.97 Å². The molecule has 0 amide bonds. The fraction of sp³-hybridized carbons (Fsp3) is 0.353. The van der Waals surface area contributed by atoms with Gasteiger partial charge in [-0.15, -0.1) is 11.3 Å². The first kappa shape index (κ1) is 14.3. The zero-order chi connectivity index (χ0) is 15.0. The summed E-state index contributed by atoms with van der Waals surface area (Å²) in [6.45, 7) is 6.97. The lowest BCUT2D eigenvalue weighted by atomic mass is 9.97. The van der Waals surface area contributed by atoms with Gasteiger partial charge in [-0.1, -0.05) is 18.2 Å². The molecule has 0 radical (unpaired) electrons. The van der Waals surface area contributed by atoms with Crippen molar-refractivity contribution in [3.8, 4) is 0 Å². The summed E-state index contributed by atoms with van der Waals surface area (Å²) in [5.41, 5.74) is 11.0. The normalized spacial score (nSPS) is 13.0. The molecular weight excluding hydrogens is 278 g/mol. The summed E-state index contributed by atoms with van der Waals surface area (Å²) in [5.74, 6) is 0.292. The first-order chi connectivity index (χ1) is 10.1. The topological polar surface area (TPSA) is 54.7 Å². The SMILES string of the molecule is Cc1nc(C(CN)Cc2c(C)[nH]c3ccccc23)sc1C. The average Bonchev–Trinajstić information content (AvgIpc) is 2.96. The number of nitrogens with one attached hydrogen (secondary N) is 1. The molecule has 3 nitrogen and oxygen atoms in total. The molecule has 0 aliphatic rings. The van der Waals surface area contributed by atoms with Crippen molar-refractivity contribution in [3.63, 3.8) is 0 Å². The minimum atomic E-state index is 0.292. The largest absolute Gasteiger partial charge is 0.358 e. The monoisotopic (exact) mass is 299 g/mol. The molecule has 0 saturated carbocycles. The highest BCUT2D eigenvalue weighted by Gasteiger charge is 2.19. The van der Waals surface area contributed by atoms with Gasteiger partial charge in [0, 0.05) is 33.9 Å². The zero-order valence-corrected chi connectivity index (χ0v) is 13.6. The maximum atomic E-state index is 6.03. The number of rotatable bonds is 4. The number of thiazole rings is 1. The summed E-state index contributed by atoms with van der Waals surface area (Å²) in [4.78, 5) is 9.46. The number of hydrogen-bond acceptors (Lipinski definition) is 3. The Labute approximate surface area is 129 Å². The summed E-state index contributed by atoms with van der Waals surface area (Å²) in [6.07, 6.45) is 0.943. The van der Waals surface area contributed by atoms with Gasteiger partial charge < -0.3 is 10.7 Å². The molecule has 3 N–H and O–H groups in total. The van der Waals surface area contributed by atoms with E-state index >= 15 is 0 Å². The predicted molar refractivity (Wildman–Crippen MR) is 90.1 cm³/mol. The molecule has 1 aromatic carbocycles. The van der Waals surface area contributed by atoms with Crippen LogP contribution in [0.1, 0.15) is 32.8 Å². The van der Waals surface area contributed by atoms with E-state index in [-0.39, 0.29) is 0 Å². The fourth-order valence-electron chi connectivity index (χ4n) is 2.79. The van der Waals surface area contributed by atoms with Gasteiger partial charge in [-0.25, -0.2) is 4.98 Å². The van der Waals surface area contributed by atoms with Crippen LogP contribution in [0.25, 0.3) is 10.9 Å². The molecule has 2 aromatic heterocycles. The van der Waals surface area contributed by atoms with Gasteiger partial charge in [-0.2, -0.15) is 0 Å². The number of aryl methyl sites for hydroxylation is 3. The predicted octanol–water partition coefficient (Wildman–Crippen LogP) is 3.83. The van der Waals surface area contributed by atoms with Gasteiger partial charge in [0.05, 0.1) is 10.7 Å². The Balaban J connectivity index is 1.97. The van der Waals surface area contributed by atoms with E-state index < -0.39 is 0 Å². The van der Waals surface area contributed by atoms with Gasteiger partial charge in [0.2, 0.25) is 0 Å². The maximum Gasteiger partial charge on any atom is 0.0977 e. The second-order valence-corrected chi connectivity index (χ2v) is 6.84. The van der Waals surface area contributed by atoms with Crippen LogP contribution in [0.2, 0.25) is 0 Å². The third-order valence-electron chi connectivity index (χ3n) is 4.16. The van der Waals surface area contributed by atoms with Gasteiger partial charge in [-0.05, 0) is 38.8 Å². The number of nitrogens with zero attached hydrogens (tertiary/aromatic N) is 1. The van der Waals surface area contributed by atoms with E-state index in [2.05, 4.69) is 50.0 Å². The standard InChI is InChI=1S/C17H21N3S/c1-10-12(3)21-17(20-10)13(9-18)8-15-11(2)19-16-7-5-4-6-14(15)16/h4-7,13,19H,8-9,18H2,1-3H3. The van der Waals surface area contributed by atoms with Crippen LogP contribution < -0.4 is 5.73 Å². The third kappa shape index (κ3) is 2.61. The van der Waals surface area contributed by atoms with E-state index in [4.69, 9.17) is 10.7 Å². The molecule has 110 valence electrons. The lowest BCUT2D eigenvalue weighted by Gasteiger charge is -2.12. The van der Waals surface area contributed by atoms with Gasteiger partial charge in [0.1, 0.15) is 0 Å². The molecule has 0 aliphatic carbocycles. The van der Waals surface area contributed by atoms with E-state index in [1.165, 1.54) is 27.0 Å². The summed E-state index contributed by atoms with van der Waals surface area (Å²) < 4.78 is 0. The summed E-state index contributed by atoms with van der Waals surface area (Å²) in [7, 11) is 0. The third-order valence-corrected chi connectivity index (χ3v) is 5.39. The van der Waals surface area contributed by atoms with Crippen molar-refractivity contribution in [2.24, 2.45) is 5.73 Å². The second-order valence-electron chi connectivity index (χ2n) is 5.60. The van der Waals surface area contributed by atoms with Crippen molar-refractivity contribution >= 4 is 22.2 Å². The number of hydrogen-bond donors (Lipinski definition) is 2. The highest BCUT2D eigenvalue weighted by molar-refractivity contribution is 7.11. The summed E-state index contributed by atoms with van der Waals surface area (Å²) >= 11 is 1.78. The molecule has 0 aliphatic heterocycles. The Morgan fingerprint density at radius 2 is 2.00 bits per heavy atom. The van der Waals surface area contributed by atoms with E-state index in [1.54, 1.807) is 11.3 Å². The van der Waals surface area contributed by atoms with Crippen LogP contribution in [0, 0.1) is 20.8 Å². The molecule has 3 rings (SSSR count). The fourth-order valence-corrected chi connectivity index (χ4v) is 3.82. The molecule has 1 atom stereocenters. The smallest absolute Gasteiger partial charge is 0.0977 e. The molecule has 4 heteroatoms.